The van der Waals surface area contributed by atoms with Gasteiger partial charge < -0.3 is 11.1 Å². The summed E-state index contributed by atoms with van der Waals surface area (Å²) in [5.41, 5.74) is 8.35. The quantitative estimate of drug-likeness (QED) is 0.828. The first kappa shape index (κ1) is 15.7. The van der Waals surface area contributed by atoms with Gasteiger partial charge in [-0.3, -0.25) is 4.79 Å². The Morgan fingerprint density at radius 2 is 1.79 bits per heavy atom. The molecule has 1 unspecified atom stereocenters. The first-order chi connectivity index (χ1) is 8.99. The molecule has 0 bridgehead atoms. The Balaban J connectivity index is 2.63. The number of hydrogen-bond donors (Lipinski definition) is 2. The molecule has 0 saturated heterocycles. The van der Waals surface area contributed by atoms with Gasteiger partial charge in [-0.25, -0.2) is 0 Å². The molecule has 1 amide bonds. The summed E-state index contributed by atoms with van der Waals surface area (Å²) in [6.07, 6.45) is 1.94. The van der Waals surface area contributed by atoms with Crippen molar-refractivity contribution >= 4 is 5.91 Å². The summed E-state index contributed by atoms with van der Waals surface area (Å²) >= 11 is 0. The van der Waals surface area contributed by atoms with Crippen LogP contribution in [0.4, 0.5) is 0 Å². The van der Waals surface area contributed by atoms with Crippen molar-refractivity contribution in [3.05, 3.63) is 35.4 Å². The molecule has 1 aromatic rings. The van der Waals surface area contributed by atoms with Gasteiger partial charge in [0.2, 0.25) is 5.91 Å². The maximum Gasteiger partial charge on any atom is 0.237 e. The highest BCUT2D eigenvalue weighted by Gasteiger charge is 2.21. The summed E-state index contributed by atoms with van der Waals surface area (Å²) in [6.45, 7) is 8.17. The summed E-state index contributed by atoms with van der Waals surface area (Å²) in [4.78, 5) is 12.0. The van der Waals surface area contributed by atoms with Gasteiger partial charge in [-0.1, -0.05) is 51.5 Å². The molecule has 0 aliphatic carbocycles. The van der Waals surface area contributed by atoms with Gasteiger partial charge in [0.15, 0.2) is 0 Å². The number of carbonyl (C=O) groups excluding carboxylic acids is 1. The maximum atomic E-state index is 12.0. The fourth-order valence-electron chi connectivity index (χ4n) is 1.95. The van der Waals surface area contributed by atoms with Crippen LogP contribution in [0.15, 0.2) is 24.3 Å². The van der Waals surface area contributed by atoms with Crippen LogP contribution >= 0.6 is 0 Å². The van der Waals surface area contributed by atoms with E-state index in [0.29, 0.717) is 0 Å². The molecule has 3 N–H and O–H groups in total. The van der Waals surface area contributed by atoms with E-state index in [9.17, 15) is 4.79 Å². The van der Waals surface area contributed by atoms with Gasteiger partial charge in [-0.05, 0) is 30.4 Å². The SMILES string of the molecule is CCc1ccc(C(C)NC(=O)[C@@H](N)[C@@H](C)CC)cc1. The molecule has 19 heavy (non-hydrogen) atoms. The molecule has 0 saturated carbocycles. The molecule has 0 aromatic heterocycles. The highest BCUT2D eigenvalue weighted by Crippen LogP contribution is 2.15. The molecule has 3 nitrogen and oxygen atoms in total. The van der Waals surface area contributed by atoms with Crippen molar-refractivity contribution in [2.45, 2.75) is 52.6 Å². The summed E-state index contributed by atoms with van der Waals surface area (Å²) in [5, 5.41) is 2.98. The monoisotopic (exact) mass is 262 g/mol. The number of nitrogens with two attached hydrogens (primary N) is 1. The Bertz CT molecular complexity index is 400. The number of benzene rings is 1. The third kappa shape index (κ3) is 4.35. The Labute approximate surface area is 116 Å². The van der Waals surface area contributed by atoms with Crippen molar-refractivity contribution in [3.63, 3.8) is 0 Å². The fourth-order valence-corrected chi connectivity index (χ4v) is 1.95. The lowest BCUT2D eigenvalue weighted by Gasteiger charge is -2.21. The molecule has 0 heterocycles. The summed E-state index contributed by atoms with van der Waals surface area (Å²) in [5.74, 6) is 0.135. The van der Waals surface area contributed by atoms with Gasteiger partial charge in [-0.2, -0.15) is 0 Å². The van der Waals surface area contributed by atoms with Crippen LogP contribution in [0.2, 0.25) is 0 Å². The minimum atomic E-state index is -0.428. The van der Waals surface area contributed by atoms with Crippen LogP contribution < -0.4 is 11.1 Å². The molecule has 0 spiro atoms. The van der Waals surface area contributed by atoms with Crippen molar-refractivity contribution in [3.8, 4) is 0 Å². The fraction of sp³-hybridized carbons (Fsp3) is 0.562. The predicted molar refractivity (Wildman–Crippen MR) is 79.8 cm³/mol. The lowest BCUT2D eigenvalue weighted by Crippen LogP contribution is -2.45. The predicted octanol–water partition coefficient (Wildman–Crippen LogP) is 2.80. The lowest BCUT2D eigenvalue weighted by molar-refractivity contribution is -0.124. The largest absolute Gasteiger partial charge is 0.348 e. The van der Waals surface area contributed by atoms with Crippen molar-refractivity contribution in [1.82, 2.24) is 5.32 Å². The molecule has 3 heteroatoms. The molecule has 1 rings (SSSR count). The van der Waals surface area contributed by atoms with Crippen LogP contribution in [0.3, 0.4) is 0 Å². The topological polar surface area (TPSA) is 55.1 Å². The Morgan fingerprint density at radius 1 is 1.21 bits per heavy atom. The smallest absolute Gasteiger partial charge is 0.237 e. The number of nitrogens with one attached hydrogen (secondary N) is 1. The number of rotatable bonds is 6. The number of hydrogen-bond acceptors (Lipinski definition) is 2. The number of aryl methyl sites for hydroxylation is 1. The second-order valence-electron chi connectivity index (χ2n) is 5.24. The van der Waals surface area contributed by atoms with Gasteiger partial charge in [0.05, 0.1) is 12.1 Å². The van der Waals surface area contributed by atoms with Gasteiger partial charge in [0.25, 0.3) is 0 Å². The van der Waals surface area contributed by atoms with E-state index >= 15 is 0 Å². The normalized spacial score (nSPS) is 15.6. The summed E-state index contributed by atoms with van der Waals surface area (Å²) in [6, 6.07) is 7.91. The molecule has 0 radical (unpaired) electrons. The minimum Gasteiger partial charge on any atom is -0.348 e. The van der Waals surface area contributed by atoms with E-state index in [4.69, 9.17) is 5.73 Å². The van der Waals surface area contributed by atoms with E-state index in [-0.39, 0.29) is 17.9 Å². The molecular weight excluding hydrogens is 236 g/mol. The van der Waals surface area contributed by atoms with Gasteiger partial charge in [-0.15, -0.1) is 0 Å². The third-order valence-corrected chi connectivity index (χ3v) is 3.81. The van der Waals surface area contributed by atoms with E-state index in [1.165, 1.54) is 5.56 Å². The van der Waals surface area contributed by atoms with Gasteiger partial charge in [0, 0.05) is 0 Å². The molecule has 0 aliphatic rings. The average molecular weight is 262 g/mol. The lowest BCUT2D eigenvalue weighted by atomic mass is 9.98. The molecular formula is C16H26N2O. The van der Waals surface area contributed by atoms with E-state index in [1.54, 1.807) is 0 Å². The van der Waals surface area contributed by atoms with Crippen LogP contribution in [0.5, 0.6) is 0 Å². The molecule has 0 fully saturated rings. The average Bonchev–Trinajstić information content (AvgIpc) is 2.45. The van der Waals surface area contributed by atoms with E-state index < -0.39 is 6.04 Å². The summed E-state index contributed by atoms with van der Waals surface area (Å²) in [7, 11) is 0. The molecule has 106 valence electrons. The second-order valence-corrected chi connectivity index (χ2v) is 5.24. The maximum absolute atomic E-state index is 12.0. The molecule has 3 atom stereocenters. The highest BCUT2D eigenvalue weighted by molar-refractivity contribution is 5.82. The van der Waals surface area contributed by atoms with Crippen LogP contribution in [-0.4, -0.2) is 11.9 Å². The van der Waals surface area contributed by atoms with Crippen LogP contribution in [0, 0.1) is 5.92 Å². The van der Waals surface area contributed by atoms with Gasteiger partial charge in [0.1, 0.15) is 0 Å². The number of amides is 1. The third-order valence-electron chi connectivity index (χ3n) is 3.81. The van der Waals surface area contributed by atoms with E-state index in [1.807, 2.05) is 20.8 Å². The minimum absolute atomic E-state index is 0.00601. The number of carbonyl (C=O) groups is 1. The standard InChI is InChI=1S/C16H26N2O/c1-5-11(3)15(17)16(19)18-12(4)14-9-7-13(6-2)8-10-14/h7-12,15H,5-6,17H2,1-4H3,(H,18,19)/t11-,12?,15-/m0/s1. The first-order valence-electron chi connectivity index (χ1n) is 7.14. The van der Waals surface area contributed by atoms with Crippen LogP contribution in [0.1, 0.15) is 51.3 Å². The van der Waals surface area contributed by atoms with Crippen molar-refractivity contribution in [2.75, 3.05) is 0 Å². The Morgan fingerprint density at radius 3 is 2.26 bits per heavy atom. The van der Waals surface area contributed by atoms with Gasteiger partial charge >= 0.3 is 0 Å². The Hall–Kier alpha value is -1.35. The van der Waals surface area contributed by atoms with Crippen LogP contribution in [0.25, 0.3) is 0 Å². The van der Waals surface area contributed by atoms with E-state index in [2.05, 4.69) is 36.5 Å². The summed E-state index contributed by atoms with van der Waals surface area (Å²) < 4.78 is 0. The highest BCUT2D eigenvalue weighted by atomic mass is 16.2. The molecule has 1 aromatic carbocycles. The zero-order valence-corrected chi connectivity index (χ0v) is 12.4. The van der Waals surface area contributed by atoms with Crippen molar-refractivity contribution in [1.29, 1.82) is 0 Å². The Kier molecular flexibility index (Phi) is 6.03. The zero-order chi connectivity index (χ0) is 14.4. The zero-order valence-electron chi connectivity index (χ0n) is 12.4. The van der Waals surface area contributed by atoms with Crippen molar-refractivity contribution in [2.24, 2.45) is 11.7 Å². The second kappa shape index (κ2) is 7.29. The van der Waals surface area contributed by atoms with Crippen molar-refractivity contribution < 1.29 is 4.79 Å². The molecule has 0 aliphatic heterocycles. The first-order valence-corrected chi connectivity index (χ1v) is 7.14. The van der Waals surface area contributed by atoms with Crippen LogP contribution in [-0.2, 0) is 11.2 Å². The van der Waals surface area contributed by atoms with E-state index in [0.717, 1.165) is 18.4 Å².